The fourth-order valence-corrected chi connectivity index (χ4v) is 2.26. The molecular formula is C17H18F3N3O4S2. The van der Waals surface area contributed by atoms with E-state index in [0.717, 1.165) is 22.3 Å². The molecule has 1 aromatic heterocycles. The van der Waals surface area contributed by atoms with Crippen LogP contribution in [0.2, 0.25) is 0 Å². The van der Waals surface area contributed by atoms with Crippen LogP contribution in [-0.2, 0) is 16.7 Å². The monoisotopic (exact) mass is 449 g/mol. The van der Waals surface area contributed by atoms with Crippen molar-refractivity contribution >= 4 is 45.4 Å². The van der Waals surface area contributed by atoms with Gasteiger partial charge in [0.1, 0.15) is 0 Å². The standard InChI is InChI=1S/C16H17N3OS.CHF3O3S/c1-3-9-19-12(2)4-5-13-11-14(6-7-15(13)19)18-16(20)17-8-10-21;2-1(3,4)8(5,6)7/h1,4-7,11H,8-10H2,2H3,(H2-,17,18,20,21);(H,5,6,7). The quantitative estimate of drug-likeness (QED) is 0.219. The third-order valence-corrected chi connectivity index (χ3v) is 4.23. The first-order chi connectivity index (χ1) is 13.4. The first kappa shape index (κ1) is 24.5. The fraction of sp³-hybridized carbons (Fsp3) is 0.294. The maximum atomic E-state index is 11.6. The van der Waals surface area contributed by atoms with E-state index in [0.29, 0.717) is 18.8 Å². The maximum Gasteiger partial charge on any atom is 0.485 e. The highest BCUT2D eigenvalue weighted by Crippen LogP contribution is 2.20. The number of halogens is 3. The zero-order chi connectivity index (χ0) is 22.2. The first-order valence-corrected chi connectivity index (χ1v) is 9.99. The van der Waals surface area contributed by atoms with Crippen molar-refractivity contribution in [1.29, 1.82) is 0 Å². The van der Waals surface area contributed by atoms with Crippen molar-refractivity contribution < 1.29 is 35.5 Å². The topological polar surface area (TPSA) is 102 Å². The molecule has 0 aliphatic heterocycles. The third kappa shape index (κ3) is 7.45. The van der Waals surface area contributed by atoms with Gasteiger partial charge in [-0.1, -0.05) is 0 Å². The van der Waals surface area contributed by atoms with Gasteiger partial charge in [0.25, 0.3) is 0 Å². The van der Waals surface area contributed by atoms with Crippen LogP contribution in [0.5, 0.6) is 0 Å². The summed E-state index contributed by atoms with van der Waals surface area (Å²) in [6.07, 6.45) is 5.42. The van der Waals surface area contributed by atoms with Gasteiger partial charge < -0.3 is 15.2 Å². The van der Waals surface area contributed by atoms with Gasteiger partial charge >= 0.3 is 11.5 Å². The van der Waals surface area contributed by atoms with Crippen LogP contribution in [0.1, 0.15) is 5.69 Å². The second-order valence-electron chi connectivity index (χ2n) is 5.54. The van der Waals surface area contributed by atoms with Crippen molar-refractivity contribution in [1.82, 2.24) is 5.32 Å². The Bertz CT molecular complexity index is 1020. The number of carbonyl (C=O) groups excluding carboxylic acids is 1. The van der Waals surface area contributed by atoms with Gasteiger partial charge in [-0.05, 0) is 24.1 Å². The first-order valence-electron chi connectivity index (χ1n) is 7.95. The molecule has 0 aliphatic carbocycles. The molecule has 158 valence electrons. The number of anilines is 1. The molecule has 0 saturated heterocycles. The van der Waals surface area contributed by atoms with E-state index < -0.39 is 15.6 Å². The van der Waals surface area contributed by atoms with Gasteiger partial charge in [-0.25, -0.2) is 13.2 Å². The third-order valence-electron chi connectivity index (χ3n) is 3.44. The molecule has 0 saturated carbocycles. The largest absolute Gasteiger partial charge is 0.741 e. The number of hydrogen-bond donors (Lipinski definition) is 3. The molecule has 0 spiro atoms. The van der Waals surface area contributed by atoms with E-state index in [2.05, 4.69) is 33.7 Å². The van der Waals surface area contributed by atoms with Crippen molar-refractivity contribution in [2.45, 2.75) is 19.0 Å². The van der Waals surface area contributed by atoms with Crippen molar-refractivity contribution in [3.8, 4) is 12.3 Å². The minimum absolute atomic E-state index is 0.230. The molecule has 0 unspecified atom stereocenters. The fourth-order valence-electron chi connectivity index (χ4n) is 2.15. The molecule has 0 fully saturated rings. The minimum atomic E-state index is -6.09. The summed E-state index contributed by atoms with van der Waals surface area (Å²) < 4.78 is 61.0. The van der Waals surface area contributed by atoms with Gasteiger partial charge in [-0.3, -0.25) is 0 Å². The number of aromatic nitrogens is 1. The Labute approximate surface area is 171 Å². The summed E-state index contributed by atoms with van der Waals surface area (Å²) >= 11 is 4.05. The number of benzene rings is 1. The number of pyridine rings is 1. The Kier molecular flexibility index (Phi) is 8.75. The van der Waals surface area contributed by atoms with Gasteiger partial charge in [-0.15, -0.1) is 6.42 Å². The second kappa shape index (κ2) is 10.3. The van der Waals surface area contributed by atoms with Crippen molar-refractivity contribution in [2.75, 3.05) is 17.6 Å². The lowest BCUT2D eigenvalue weighted by Gasteiger charge is -2.08. The van der Waals surface area contributed by atoms with Gasteiger partial charge in [0, 0.05) is 42.4 Å². The lowest BCUT2D eigenvalue weighted by molar-refractivity contribution is -0.664. The smallest absolute Gasteiger partial charge is 0.485 e. The van der Waals surface area contributed by atoms with Crippen molar-refractivity contribution in [3.05, 3.63) is 36.0 Å². The predicted molar refractivity (Wildman–Crippen MR) is 104 cm³/mol. The van der Waals surface area contributed by atoms with Crippen molar-refractivity contribution in [3.63, 3.8) is 0 Å². The number of urea groups is 1. The van der Waals surface area contributed by atoms with Crippen LogP contribution < -0.4 is 15.2 Å². The highest BCUT2D eigenvalue weighted by Gasteiger charge is 2.36. The molecule has 29 heavy (non-hydrogen) atoms. The van der Waals surface area contributed by atoms with E-state index in [1.165, 1.54) is 0 Å². The summed E-state index contributed by atoms with van der Waals surface area (Å²) in [5.41, 5.74) is -2.75. The zero-order valence-corrected chi connectivity index (χ0v) is 16.9. The van der Waals surface area contributed by atoms with Crippen LogP contribution >= 0.6 is 12.6 Å². The Hall–Kier alpha value is -2.49. The molecule has 0 bridgehead atoms. The highest BCUT2D eigenvalue weighted by atomic mass is 32.2. The molecule has 2 amide bonds. The molecule has 1 heterocycles. The van der Waals surface area contributed by atoms with E-state index in [9.17, 15) is 18.0 Å². The molecule has 0 aliphatic rings. The lowest BCUT2D eigenvalue weighted by Crippen LogP contribution is -2.37. The number of alkyl halides is 3. The number of thiol groups is 1. The lowest BCUT2D eigenvalue weighted by atomic mass is 10.1. The normalized spacial score (nSPS) is 11.2. The van der Waals surface area contributed by atoms with Gasteiger partial charge in [0.15, 0.2) is 15.8 Å². The Morgan fingerprint density at radius 1 is 1.31 bits per heavy atom. The van der Waals surface area contributed by atoms with Crippen LogP contribution in [-0.4, -0.2) is 36.8 Å². The molecule has 12 heteroatoms. The van der Waals surface area contributed by atoms with E-state index >= 15 is 0 Å². The van der Waals surface area contributed by atoms with E-state index in [-0.39, 0.29) is 6.03 Å². The maximum absolute atomic E-state index is 11.6. The predicted octanol–water partition coefficient (Wildman–Crippen LogP) is 2.17. The summed E-state index contributed by atoms with van der Waals surface area (Å²) in [5, 5.41) is 6.54. The van der Waals surface area contributed by atoms with Crippen LogP contribution in [0, 0.1) is 19.3 Å². The van der Waals surface area contributed by atoms with E-state index in [1.807, 2.05) is 37.3 Å². The Balaban J connectivity index is 0.000000447. The molecule has 1 aromatic carbocycles. The summed E-state index contributed by atoms with van der Waals surface area (Å²) in [4.78, 5) is 11.6. The summed E-state index contributed by atoms with van der Waals surface area (Å²) in [7, 11) is -6.09. The molecule has 0 radical (unpaired) electrons. The number of nitrogens with one attached hydrogen (secondary N) is 2. The van der Waals surface area contributed by atoms with Gasteiger partial charge in [0.05, 0.1) is 0 Å². The molecular weight excluding hydrogens is 431 g/mol. The van der Waals surface area contributed by atoms with Crippen LogP contribution in [0.15, 0.2) is 30.3 Å². The molecule has 2 rings (SSSR count). The average Bonchev–Trinajstić information content (AvgIpc) is 2.61. The van der Waals surface area contributed by atoms with Crippen LogP contribution in [0.4, 0.5) is 23.7 Å². The minimum Gasteiger partial charge on any atom is -0.741 e. The molecule has 2 aromatic rings. The number of rotatable bonds is 4. The van der Waals surface area contributed by atoms with Crippen LogP contribution in [0.25, 0.3) is 10.9 Å². The number of terminal acetylenes is 1. The Morgan fingerprint density at radius 3 is 2.45 bits per heavy atom. The van der Waals surface area contributed by atoms with E-state index in [4.69, 9.17) is 19.4 Å². The van der Waals surface area contributed by atoms with Gasteiger partial charge in [0.2, 0.25) is 12.1 Å². The zero-order valence-electron chi connectivity index (χ0n) is 15.2. The molecule has 2 N–H and O–H groups in total. The number of fused-ring (bicyclic) bond motifs is 1. The van der Waals surface area contributed by atoms with Crippen molar-refractivity contribution in [2.24, 2.45) is 0 Å². The molecule has 7 nitrogen and oxygen atoms in total. The Morgan fingerprint density at radius 2 is 1.93 bits per heavy atom. The summed E-state index contributed by atoms with van der Waals surface area (Å²) in [5.74, 6) is 3.27. The summed E-state index contributed by atoms with van der Waals surface area (Å²) in [6, 6.07) is 9.58. The SMILES string of the molecule is C#CC[n+]1c(C)ccc2cc(NC(=O)NCCS)ccc21.O=S(=O)([O-])C(F)(F)F. The summed E-state index contributed by atoms with van der Waals surface area (Å²) in [6.45, 7) is 3.08. The second-order valence-corrected chi connectivity index (χ2v) is 7.36. The molecule has 0 atom stereocenters. The number of hydrogen-bond acceptors (Lipinski definition) is 5. The number of nitrogens with zero attached hydrogens (tertiary/aromatic N) is 1. The number of aryl methyl sites for hydroxylation is 1. The van der Waals surface area contributed by atoms with Gasteiger partial charge in [-0.2, -0.15) is 30.4 Å². The highest BCUT2D eigenvalue weighted by molar-refractivity contribution is 7.86. The van der Waals surface area contributed by atoms with Crippen LogP contribution in [0.3, 0.4) is 0 Å². The number of carbonyl (C=O) groups is 1. The number of amides is 2. The van der Waals surface area contributed by atoms with E-state index in [1.54, 1.807) is 0 Å². The average molecular weight is 449 g/mol.